The maximum atomic E-state index is 11.7. The molecule has 0 aromatic carbocycles. The predicted octanol–water partition coefficient (Wildman–Crippen LogP) is 0.726. The maximum absolute atomic E-state index is 11.7. The molecule has 1 aliphatic heterocycles. The van der Waals surface area contributed by atoms with Crippen LogP contribution in [0, 0.1) is 0 Å². The lowest BCUT2D eigenvalue weighted by atomic mass is 10.0. The van der Waals surface area contributed by atoms with Gasteiger partial charge < -0.3 is 32.7 Å². The van der Waals surface area contributed by atoms with Gasteiger partial charge in [0.25, 0.3) is 5.91 Å². The molecule has 0 bridgehead atoms. The summed E-state index contributed by atoms with van der Waals surface area (Å²) < 4.78 is 0. The number of hydrogen-bond donors (Lipinski definition) is 5. The molecular weight excluding hydrogens is 430 g/mol. The summed E-state index contributed by atoms with van der Waals surface area (Å²) in [5.41, 5.74) is 18.2. The van der Waals surface area contributed by atoms with Crippen molar-refractivity contribution in [1.82, 2.24) is 15.6 Å². The molecule has 176 valence electrons. The molecule has 0 unspecified atom stereocenters. The summed E-state index contributed by atoms with van der Waals surface area (Å²) in [6.45, 7) is 3.66. The third-order valence-electron chi connectivity index (χ3n) is 5.34. The Kier molecular flexibility index (Phi) is 8.79. The zero-order valence-electron chi connectivity index (χ0n) is 17.6. The monoisotopic (exact) mass is 463 g/mol. The summed E-state index contributed by atoms with van der Waals surface area (Å²) >= 11 is 1.24. The van der Waals surface area contributed by atoms with Gasteiger partial charge in [0, 0.05) is 24.5 Å². The fourth-order valence-corrected chi connectivity index (χ4v) is 4.78. The molecule has 1 saturated heterocycles. The van der Waals surface area contributed by atoms with Crippen LogP contribution in [-0.2, 0) is 16.0 Å². The number of nitrogens with two attached hydrogens (primary N) is 3. The second-order valence-electron chi connectivity index (χ2n) is 7.66. The van der Waals surface area contributed by atoms with Crippen LogP contribution < -0.4 is 32.7 Å². The third-order valence-corrected chi connectivity index (χ3v) is 6.45. The Bertz CT molecular complexity index is 983. The fraction of sp³-hybridized carbons (Fsp3) is 0.524. The van der Waals surface area contributed by atoms with Gasteiger partial charge >= 0.3 is 0 Å². The van der Waals surface area contributed by atoms with Crippen molar-refractivity contribution in [2.24, 2.45) is 11.5 Å². The first-order valence-electron chi connectivity index (χ1n) is 10.3. The standard InChI is InChI=1S/C20H29N7O3S.CH4/c1-2-3-11-8-14(26-20-16(11)17(22)18(31-20)19(23)30)27-6-4-12(5-7-27)24-10-15(29)25-9-13(21)28;/h8,12,24H,2-7,9-10,22H2,1H3,(H2,21,28)(H2,23,30)(H,25,29);1H4. The van der Waals surface area contributed by atoms with Crippen LogP contribution >= 0.6 is 11.3 Å². The Labute approximate surface area is 191 Å². The highest BCUT2D eigenvalue weighted by Crippen LogP contribution is 2.37. The van der Waals surface area contributed by atoms with Crippen molar-refractivity contribution in [3.05, 3.63) is 16.5 Å². The number of primary amides is 2. The summed E-state index contributed by atoms with van der Waals surface area (Å²) in [5, 5.41) is 6.53. The number of nitrogen functional groups attached to an aromatic ring is 1. The van der Waals surface area contributed by atoms with Crippen molar-refractivity contribution in [2.75, 3.05) is 36.8 Å². The minimum atomic E-state index is -0.566. The van der Waals surface area contributed by atoms with Crippen molar-refractivity contribution >= 4 is 50.8 Å². The summed E-state index contributed by atoms with van der Waals surface area (Å²) in [5.74, 6) is -0.482. The Morgan fingerprint density at radius 1 is 1.22 bits per heavy atom. The van der Waals surface area contributed by atoms with Gasteiger partial charge in [0.15, 0.2) is 0 Å². The van der Waals surface area contributed by atoms with E-state index in [4.69, 9.17) is 22.2 Å². The quantitative estimate of drug-likeness (QED) is 0.365. The average molecular weight is 464 g/mol. The third kappa shape index (κ3) is 5.86. The summed E-state index contributed by atoms with van der Waals surface area (Å²) in [6.07, 6.45) is 3.49. The number of fused-ring (bicyclic) bond motifs is 1. The number of anilines is 2. The number of pyridine rings is 1. The lowest BCUT2D eigenvalue weighted by molar-refractivity contribution is -0.124. The number of carbonyl (C=O) groups excluding carboxylic acids is 3. The van der Waals surface area contributed by atoms with Crippen LogP contribution in [0.15, 0.2) is 6.07 Å². The normalized spacial score (nSPS) is 14.2. The zero-order valence-corrected chi connectivity index (χ0v) is 18.4. The highest BCUT2D eigenvalue weighted by Gasteiger charge is 2.24. The van der Waals surface area contributed by atoms with Gasteiger partial charge in [0.05, 0.1) is 18.8 Å². The number of aryl methyl sites for hydroxylation is 1. The van der Waals surface area contributed by atoms with Gasteiger partial charge in [-0.15, -0.1) is 11.3 Å². The number of thiophene rings is 1. The first kappa shape index (κ1) is 25.3. The Hall–Kier alpha value is -2.92. The summed E-state index contributed by atoms with van der Waals surface area (Å²) in [6, 6.07) is 2.26. The highest BCUT2D eigenvalue weighted by molar-refractivity contribution is 7.21. The van der Waals surface area contributed by atoms with Gasteiger partial charge in [-0.1, -0.05) is 20.8 Å². The molecule has 1 fully saturated rings. The molecule has 32 heavy (non-hydrogen) atoms. The number of aromatic nitrogens is 1. The molecule has 11 heteroatoms. The molecule has 2 aromatic heterocycles. The van der Waals surface area contributed by atoms with E-state index < -0.39 is 11.8 Å². The highest BCUT2D eigenvalue weighted by atomic mass is 32.1. The number of amides is 3. The molecule has 3 heterocycles. The van der Waals surface area contributed by atoms with Crippen molar-refractivity contribution in [1.29, 1.82) is 0 Å². The second-order valence-corrected chi connectivity index (χ2v) is 8.66. The molecule has 2 aromatic rings. The van der Waals surface area contributed by atoms with Crippen LogP contribution in [0.4, 0.5) is 11.5 Å². The van der Waals surface area contributed by atoms with E-state index >= 15 is 0 Å². The SMILES string of the molecule is C.CCCc1cc(N2CCC(NCC(=O)NCC(N)=O)CC2)nc2sc(C(N)=O)c(N)c12. The van der Waals surface area contributed by atoms with Gasteiger partial charge in [-0.25, -0.2) is 4.98 Å². The molecule has 0 saturated carbocycles. The first-order valence-corrected chi connectivity index (χ1v) is 11.2. The van der Waals surface area contributed by atoms with E-state index in [9.17, 15) is 14.4 Å². The van der Waals surface area contributed by atoms with Crippen LogP contribution in [-0.4, -0.2) is 54.9 Å². The molecular formula is C21H33N7O3S. The number of nitrogens with zero attached hydrogens (tertiary/aromatic N) is 2. The van der Waals surface area contributed by atoms with Crippen LogP contribution in [0.1, 0.15) is 48.8 Å². The van der Waals surface area contributed by atoms with E-state index in [0.29, 0.717) is 10.6 Å². The molecule has 3 amide bonds. The topological polar surface area (TPSA) is 169 Å². The molecule has 8 N–H and O–H groups in total. The van der Waals surface area contributed by atoms with Crippen LogP contribution in [0.25, 0.3) is 10.2 Å². The summed E-state index contributed by atoms with van der Waals surface area (Å²) in [7, 11) is 0. The van der Waals surface area contributed by atoms with Gasteiger partial charge in [0.2, 0.25) is 11.8 Å². The summed E-state index contributed by atoms with van der Waals surface area (Å²) in [4.78, 5) is 42.3. The number of rotatable bonds is 9. The van der Waals surface area contributed by atoms with E-state index in [-0.39, 0.29) is 32.5 Å². The van der Waals surface area contributed by atoms with E-state index in [2.05, 4.69) is 28.5 Å². The van der Waals surface area contributed by atoms with E-state index in [1.807, 2.05) is 0 Å². The zero-order chi connectivity index (χ0) is 22.5. The molecule has 0 atom stereocenters. The fourth-order valence-electron chi connectivity index (χ4n) is 3.79. The molecule has 3 rings (SSSR count). The second kappa shape index (κ2) is 11.1. The smallest absolute Gasteiger partial charge is 0.260 e. The van der Waals surface area contributed by atoms with E-state index in [0.717, 1.165) is 60.4 Å². The van der Waals surface area contributed by atoms with Gasteiger partial charge in [-0.3, -0.25) is 14.4 Å². The van der Waals surface area contributed by atoms with Crippen LogP contribution in [0.5, 0.6) is 0 Å². The predicted molar refractivity (Wildman–Crippen MR) is 129 cm³/mol. The average Bonchev–Trinajstić information content (AvgIpc) is 3.08. The van der Waals surface area contributed by atoms with Crippen LogP contribution in [0.2, 0.25) is 0 Å². The lowest BCUT2D eigenvalue weighted by Crippen LogP contribution is -2.46. The number of nitrogens with one attached hydrogen (secondary N) is 2. The molecule has 1 aliphatic rings. The van der Waals surface area contributed by atoms with Gasteiger partial charge in [-0.2, -0.15) is 0 Å². The number of hydrogen-bond acceptors (Lipinski definition) is 8. The maximum Gasteiger partial charge on any atom is 0.260 e. The first-order chi connectivity index (χ1) is 14.8. The lowest BCUT2D eigenvalue weighted by Gasteiger charge is -2.33. The Morgan fingerprint density at radius 3 is 2.50 bits per heavy atom. The van der Waals surface area contributed by atoms with Crippen molar-refractivity contribution < 1.29 is 14.4 Å². The minimum Gasteiger partial charge on any atom is -0.397 e. The minimum absolute atomic E-state index is 0. The van der Waals surface area contributed by atoms with Gasteiger partial charge in [-0.05, 0) is 30.9 Å². The van der Waals surface area contributed by atoms with Crippen LogP contribution in [0.3, 0.4) is 0 Å². The largest absolute Gasteiger partial charge is 0.397 e. The van der Waals surface area contributed by atoms with Gasteiger partial charge in [0.1, 0.15) is 15.5 Å². The van der Waals surface area contributed by atoms with E-state index in [1.165, 1.54) is 11.3 Å². The Balaban J connectivity index is 0.00000363. The molecule has 0 spiro atoms. The van der Waals surface area contributed by atoms with Crippen molar-refractivity contribution in [3.8, 4) is 0 Å². The number of carbonyl (C=O) groups is 3. The van der Waals surface area contributed by atoms with Crippen molar-refractivity contribution in [3.63, 3.8) is 0 Å². The molecule has 0 aliphatic carbocycles. The number of piperidine rings is 1. The molecule has 0 radical (unpaired) electrons. The molecule has 10 nitrogen and oxygen atoms in total. The Morgan fingerprint density at radius 2 is 1.91 bits per heavy atom. The van der Waals surface area contributed by atoms with Crippen molar-refractivity contribution in [2.45, 2.75) is 46.1 Å². The van der Waals surface area contributed by atoms with E-state index in [1.54, 1.807) is 0 Å².